The average molecular weight is 615 g/mol. The summed E-state index contributed by atoms with van der Waals surface area (Å²) in [4.78, 5) is 19.5. The lowest BCUT2D eigenvalue weighted by Crippen LogP contribution is -2.38. The van der Waals surface area contributed by atoms with Crippen LogP contribution in [0.3, 0.4) is 0 Å². The van der Waals surface area contributed by atoms with Gasteiger partial charge < -0.3 is 14.4 Å². The van der Waals surface area contributed by atoms with Gasteiger partial charge >= 0.3 is 6.09 Å². The topological polar surface area (TPSA) is 45.2 Å². The number of morpholine rings is 1. The average Bonchev–Trinajstić information content (AvgIpc) is 3.22. The van der Waals surface area contributed by atoms with E-state index >= 15 is 4.39 Å². The van der Waals surface area contributed by atoms with Crippen LogP contribution in [0.5, 0.6) is 5.06 Å². The molecular formula is C30H33BrFN3O3S. The molecule has 2 aliphatic heterocycles. The van der Waals surface area contributed by atoms with Crippen LogP contribution in [-0.2, 0) is 17.7 Å². The Morgan fingerprint density at radius 1 is 1.08 bits per heavy atom. The van der Waals surface area contributed by atoms with Crippen molar-refractivity contribution in [1.82, 2.24) is 4.90 Å². The zero-order valence-electron chi connectivity index (χ0n) is 22.0. The van der Waals surface area contributed by atoms with Gasteiger partial charge in [0.1, 0.15) is 5.82 Å². The van der Waals surface area contributed by atoms with E-state index in [4.69, 9.17) is 9.47 Å². The van der Waals surface area contributed by atoms with Crippen molar-refractivity contribution in [3.05, 3.63) is 75.3 Å². The predicted molar refractivity (Wildman–Crippen MR) is 156 cm³/mol. The van der Waals surface area contributed by atoms with E-state index in [9.17, 15) is 4.79 Å². The molecule has 3 aliphatic rings. The zero-order valence-corrected chi connectivity index (χ0v) is 24.4. The summed E-state index contributed by atoms with van der Waals surface area (Å²) in [6.45, 7) is 8.18. The van der Waals surface area contributed by atoms with Crippen molar-refractivity contribution in [3.63, 3.8) is 0 Å². The van der Waals surface area contributed by atoms with Gasteiger partial charge in [0.15, 0.2) is 5.06 Å². The van der Waals surface area contributed by atoms with Crippen molar-refractivity contribution in [3.8, 4) is 5.06 Å². The molecule has 1 saturated carbocycles. The molecule has 3 heterocycles. The number of thiophene rings is 1. The number of benzene rings is 2. The van der Waals surface area contributed by atoms with Crippen LogP contribution in [0.4, 0.5) is 20.6 Å². The Morgan fingerprint density at radius 2 is 1.79 bits per heavy atom. The van der Waals surface area contributed by atoms with Gasteiger partial charge in [-0.2, -0.15) is 0 Å². The number of carbonyl (C=O) groups is 1. The second-order valence-corrected chi connectivity index (χ2v) is 13.1. The highest BCUT2D eigenvalue weighted by Gasteiger charge is 2.56. The fraction of sp³-hybridized carbons (Fsp3) is 0.433. The van der Waals surface area contributed by atoms with Crippen molar-refractivity contribution in [2.24, 2.45) is 17.8 Å². The highest BCUT2D eigenvalue weighted by Crippen LogP contribution is 2.52. The normalized spacial score (nSPS) is 22.5. The minimum atomic E-state index is -0.472. The van der Waals surface area contributed by atoms with Crippen LogP contribution >= 0.6 is 27.3 Å². The first kappa shape index (κ1) is 26.7. The maximum atomic E-state index is 15.3. The third-order valence-electron chi connectivity index (χ3n) is 8.23. The van der Waals surface area contributed by atoms with Gasteiger partial charge in [0.25, 0.3) is 0 Å². The molecule has 206 valence electrons. The van der Waals surface area contributed by atoms with Crippen molar-refractivity contribution in [2.45, 2.75) is 19.9 Å². The Balaban J connectivity index is 1.14. The molecule has 2 unspecified atom stereocenters. The van der Waals surface area contributed by atoms with Crippen LogP contribution in [0, 0.1) is 23.6 Å². The van der Waals surface area contributed by atoms with Gasteiger partial charge in [-0.05, 0) is 81.6 Å². The first-order valence-corrected chi connectivity index (χ1v) is 15.3. The molecule has 0 spiro atoms. The molecule has 6 nitrogen and oxygen atoms in total. The summed E-state index contributed by atoms with van der Waals surface area (Å²) in [5.41, 5.74) is 3.78. The predicted octanol–water partition coefficient (Wildman–Crippen LogP) is 6.43. The summed E-state index contributed by atoms with van der Waals surface area (Å²) in [7, 11) is 0. The minimum Gasteiger partial charge on any atom is -0.399 e. The molecule has 0 radical (unpaired) electrons. The van der Waals surface area contributed by atoms with Crippen molar-refractivity contribution < 1.29 is 18.7 Å². The Morgan fingerprint density at radius 3 is 2.44 bits per heavy atom. The largest absolute Gasteiger partial charge is 0.420 e. The molecule has 39 heavy (non-hydrogen) atoms. The second-order valence-electron chi connectivity index (χ2n) is 10.6. The highest BCUT2D eigenvalue weighted by molar-refractivity contribution is 9.11. The van der Waals surface area contributed by atoms with Gasteiger partial charge in [-0.15, -0.1) is 0 Å². The van der Waals surface area contributed by atoms with Crippen LogP contribution in [0.15, 0.2) is 58.4 Å². The molecule has 3 fully saturated rings. The van der Waals surface area contributed by atoms with Crippen LogP contribution in [0.2, 0.25) is 0 Å². The van der Waals surface area contributed by atoms with E-state index in [2.05, 4.69) is 52.0 Å². The number of likely N-dealkylation sites (tertiary alicyclic amines) is 1. The number of piperidine rings is 1. The number of hydrogen-bond donors (Lipinski definition) is 0. The molecular weight excluding hydrogens is 581 g/mol. The number of fused-ring (bicyclic) bond motifs is 1. The summed E-state index contributed by atoms with van der Waals surface area (Å²) in [6, 6.07) is 17.6. The SMILES string of the molecule is CCc1ccc(CN2CC3C(C2)C3CN(C(=O)Oc2ccc(Br)s2)c2ccc(N3CCOCC3)c(F)c2)cc1. The van der Waals surface area contributed by atoms with E-state index in [1.165, 1.54) is 28.5 Å². The van der Waals surface area contributed by atoms with E-state index in [0.29, 0.717) is 67.0 Å². The van der Waals surface area contributed by atoms with E-state index in [1.807, 2.05) is 17.0 Å². The maximum absolute atomic E-state index is 15.3. The van der Waals surface area contributed by atoms with Crippen LogP contribution in [-0.4, -0.2) is 56.9 Å². The summed E-state index contributed by atoms with van der Waals surface area (Å²) in [5.74, 6) is 1.14. The van der Waals surface area contributed by atoms with E-state index < -0.39 is 6.09 Å². The summed E-state index contributed by atoms with van der Waals surface area (Å²) >= 11 is 4.78. The lowest BCUT2D eigenvalue weighted by molar-refractivity contribution is 0.122. The lowest BCUT2D eigenvalue weighted by atomic mass is 10.1. The summed E-state index contributed by atoms with van der Waals surface area (Å²) in [6.07, 6.45) is 0.582. The van der Waals surface area contributed by atoms with Crippen LogP contribution < -0.4 is 14.5 Å². The molecule has 2 atom stereocenters. The molecule has 0 N–H and O–H groups in total. The third kappa shape index (κ3) is 6.01. The molecule has 1 amide bonds. The summed E-state index contributed by atoms with van der Waals surface area (Å²) < 4.78 is 27.3. The second kappa shape index (κ2) is 11.6. The maximum Gasteiger partial charge on any atom is 0.420 e. The Bertz CT molecular complexity index is 1300. The van der Waals surface area contributed by atoms with Gasteiger partial charge in [-0.25, -0.2) is 9.18 Å². The number of ether oxygens (including phenoxy) is 2. The standard InChI is InChI=1S/C30H33BrFN3O3S/c1-2-20-3-5-21(6-4-20)16-33-17-23-24(18-33)25(23)19-35(30(36)38-29-10-9-28(31)39-29)22-7-8-27(26(32)15-22)34-11-13-37-14-12-34/h3-10,15,23-25H,2,11-14,16-19H2,1H3. The Kier molecular flexibility index (Phi) is 7.93. The number of amides is 1. The molecule has 3 aromatic rings. The van der Waals surface area contributed by atoms with E-state index in [0.717, 1.165) is 29.8 Å². The third-order valence-corrected chi connectivity index (χ3v) is 9.73. The smallest absolute Gasteiger partial charge is 0.399 e. The number of carbonyl (C=O) groups excluding carboxylic acids is 1. The fourth-order valence-electron chi connectivity index (χ4n) is 5.99. The van der Waals surface area contributed by atoms with Crippen LogP contribution in [0.25, 0.3) is 0 Å². The van der Waals surface area contributed by atoms with Gasteiger partial charge in [0.05, 0.1) is 28.4 Å². The van der Waals surface area contributed by atoms with Gasteiger partial charge in [0.2, 0.25) is 0 Å². The number of rotatable bonds is 8. The monoisotopic (exact) mass is 613 g/mol. The highest BCUT2D eigenvalue weighted by atomic mass is 79.9. The Labute approximate surface area is 241 Å². The minimum absolute atomic E-state index is 0.331. The van der Waals surface area contributed by atoms with Crippen molar-refractivity contribution >= 4 is 44.7 Å². The van der Waals surface area contributed by atoms with Crippen molar-refractivity contribution in [2.75, 3.05) is 55.7 Å². The Hall–Kier alpha value is -2.46. The molecule has 2 aromatic carbocycles. The van der Waals surface area contributed by atoms with E-state index in [1.54, 1.807) is 17.0 Å². The lowest BCUT2D eigenvalue weighted by Gasteiger charge is -2.30. The number of nitrogens with zero attached hydrogens (tertiary/aromatic N) is 3. The number of aryl methyl sites for hydroxylation is 1. The molecule has 0 bridgehead atoms. The summed E-state index contributed by atoms with van der Waals surface area (Å²) in [5, 5.41) is 0.513. The van der Waals surface area contributed by atoms with Crippen LogP contribution in [0.1, 0.15) is 18.1 Å². The number of anilines is 2. The first-order valence-electron chi connectivity index (χ1n) is 13.7. The quantitative estimate of drug-likeness (QED) is 0.293. The number of halogens is 2. The molecule has 6 rings (SSSR count). The fourth-order valence-corrected chi connectivity index (χ4v) is 7.18. The zero-order chi connectivity index (χ0) is 26.9. The van der Waals surface area contributed by atoms with E-state index in [-0.39, 0.29) is 5.82 Å². The van der Waals surface area contributed by atoms with Crippen molar-refractivity contribution in [1.29, 1.82) is 0 Å². The van der Waals surface area contributed by atoms with Gasteiger partial charge in [0, 0.05) is 39.3 Å². The molecule has 1 aliphatic carbocycles. The first-order chi connectivity index (χ1) is 19.0. The molecule has 1 aromatic heterocycles. The molecule has 2 saturated heterocycles. The van der Waals surface area contributed by atoms with Gasteiger partial charge in [-0.1, -0.05) is 42.5 Å². The number of hydrogen-bond acceptors (Lipinski definition) is 6. The molecule has 9 heteroatoms. The van der Waals surface area contributed by atoms with Gasteiger partial charge in [-0.3, -0.25) is 9.80 Å².